The minimum atomic E-state index is -0.762. The fourth-order valence-corrected chi connectivity index (χ4v) is 4.64. The molecule has 190 valence electrons. The molecule has 0 radical (unpaired) electrons. The maximum Gasteiger partial charge on any atom is 0.295 e. The van der Waals surface area contributed by atoms with Crippen LogP contribution in [0.1, 0.15) is 23.6 Å². The molecular formula is C28H32N2O6. The first kappa shape index (κ1) is 25.5. The van der Waals surface area contributed by atoms with Gasteiger partial charge in [0.05, 0.1) is 31.9 Å². The van der Waals surface area contributed by atoms with Crippen LogP contribution in [0.2, 0.25) is 0 Å². The van der Waals surface area contributed by atoms with Crippen LogP contribution in [-0.2, 0) is 14.3 Å². The van der Waals surface area contributed by atoms with E-state index in [-0.39, 0.29) is 11.3 Å². The molecule has 8 heteroatoms. The zero-order valence-corrected chi connectivity index (χ0v) is 20.5. The summed E-state index contributed by atoms with van der Waals surface area (Å²) in [5.74, 6) is -0.407. The summed E-state index contributed by atoms with van der Waals surface area (Å²) in [6, 6.07) is 13.2. The van der Waals surface area contributed by atoms with Gasteiger partial charge in [0.15, 0.2) is 0 Å². The first-order valence-electron chi connectivity index (χ1n) is 12.1. The van der Waals surface area contributed by atoms with Crippen molar-refractivity contribution in [3.63, 3.8) is 0 Å². The van der Waals surface area contributed by atoms with E-state index in [0.29, 0.717) is 55.4 Å². The zero-order valence-electron chi connectivity index (χ0n) is 20.5. The van der Waals surface area contributed by atoms with Crippen molar-refractivity contribution in [2.45, 2.75) is 12.5 Å². The van der Waals surface area contributed by atoms with Crippen LogP contribution >= 0.6 is 0 Å². The summed E-state index contributed by atoms with van der Waals surface area (Å²) in [6.07, 6.45) is 2.33. The van der Waals surface area contributed by atoms with Crippen molar-refractivity contribution >= 4 is 17.4 Å². The van der Waals surface area contributed by atoms with Crippen molar-refractivity contribution in [1.82, 2.24) is 9.80 Å². The Balaban J connectivity index is 1.67. The number of hydrogen-bond donors (Lipinski definition) is 1. The number of nitrogens with zero attached hydrogens (tertiary/aromatic N) is 2. The topological polar surface area (TPSA) is 88.5 Å². The summed E-state index contributed by atoms with van der Waals surface area (Å²) in [4.78, 5) is 30.3. The largest absolute Gasteiger partial charge is 0.507 e. The highest BCUT2D eigenvalue weighted by Gasteiger charge is 2.46. The first-order chi connectivity index (χ1) is 17.5. The van der Waals surface area contributed by atoms with Gasteiger partial charge in [0.1, 0.15) is 23.9 Å². The highest BCUT2D eigenvalue weighted by Crippen LogP contribution is 2.42. The third-order valence-electron chi connectivity index (χ3n) is 6.45. The fourth-order valence-electron chi connectivity index (χ4n) is 4.64. The van der Waals surface area contributed by atoms with Gasteiger partial charge in [-0.2, -0.15) is 0 Å². The number of ketones is 1. The number of carbonyl (C=O) groups is 2. The van der Waals surface area contributed by atoms with E-state index in [9.17, 15) is 14.7 Å². The number of likely N-dealkylation sites (tertiary alicyclic amines) is 1. The summed E-state index contributed by atoms with van der Waals surface area (Å²) >= 11 is 0. The smallest absolute Gasteiger partial charge is 0.295 e. The van der Waals surface area contributed by atoms with Crippen LogP contribution in [-0.4, -0.2) is 79.7 Å². The molecular weight excluding hydrogens is 460 g/mol. The fraction of sp³-hybridized carbons (Fsp3) is 0.357. The number of rotatable bonds is 10. The van der Waals surface area contributed by atoms with Gasteiger partial charge >= 0.3 is 0 Å². The maximum atomic E-state index is 13.3. The molecule has 0 spiro atoms. The molecule has 0 unspecified atom stereocenters. The average Bonchev–Trinajstić information content (AvgIpc) is 3.17. The van der Waals surface area contributed by atoms with Crippen molar-refractivity contribution in [1.29, 1.82) is 0 Å². The van der Waals surface area contributed by atoms with Gasteiger partial charge in [0.25, 0.3) is 11.7 Å². The average molecular weight is 493 g/mol. The lowest BCUT2D eigenvalue weighted by molar-refractivity contribution is -0.140. The second kappa shape index (κ2) is 11.9. The summed E-state index contributed by atoms with van der Waals surface area (Å²) in [7, 11) is 1.55. The number of methoxy groups -OCH3 is 1. The number of para-hydroxylation sites is 1. The number of aliphatic hydroxyl groups excluding tert-OH is 1. The Bertz CT molecular complexity index is 1120. The van der Waals surface area contributed by atoms with Crippen molar-refractivity contribution in [3.8, 4) is 11.5 Å². The second-order valence-electron chi connectivity index (χ2n) is 8.67. The first-order valence-corrected chi connectivity index (χ1v) is 12.1. The summed E-state index contributed by atoms with van der Waals surface area (Å²) < 4.78 is 16.5. The highest BCUT2D eigenvalue weighted by molar-refractivity contribution is 6.46. The lowest BCUT2D eigenvalue weighted by atomic mass is 9.94. The van der Waals surface area contributed by atoms with Gasteiger partial charge < -0.3 is 24.2 Å². The van der Waals surface area contributed by atoms with Crippen LogP contribution in [0.4, 0.5) is 0 Å². The van der Waals surface area contributed by atoms with Crippen molar-refractivity contribution in [2.24, 2.45) is 0 Å². The molecule has 2 aromatic carbocycles. The SMILES string of the molecule is C=CCOc1ccc(/C(O)=C2\C(=O)C(=O)N(CCCN3CCOCC3)[C@@H]2c2ccccc2OC)cc1. The minimum Gasteiger partial charge on any atom is -0.507 e. The van der Waals surface area contributed by atoms with Gasteiger partial charge in [0, 0.05) is 37.3 Å². The number of Topliss-reactive ketones (excluding diaryl/α,β-unsaturated/α-hetero) is 1. The minimum absolute atomic E-state index is 0.0515. The molecule has 0 bridgehead atoms. The summed E-state index contributed by atoms with van der Waals surface area (Å²) in [5, 5.41) is 11.3. The van der Waals surface area contributed by atoms with Crippen LogP contribution in [0.5, 0.6) is 11.5 Å². The molecule has 1 N–H and O–H groups in total. The number of hydrogen-bond acceptors (Lipinski definition) is 7. The van der Waals surface area contributed by atoms with Crippen LogP contribution in [0.25, 0.3) is 5.76 Å². The van der Waals surface area contributed by atoms with Crippen molar-refractivity contribution < 1.29 is 28.9 Å². The third-order valence-corrected chi connectivity index (χ3v) is 6.45. The van der Waals surface area contributed by atoms with Crippen LogP contribution in [0, 0.1) is 0 Å². The Morgan fingerprint density at radius 1 is 1.11 bits per heavy atom. The van der Waals surface area contributed by atoms with Gasteiger partial charge in [-0.3, -0.25) is 14.5 Å². The molecule has 0 saturated carbocycles. The van der Waals surface area contributed by atoms with Gasteiger partial charge in [0.2, 0.25) is 0 Å². The molecule has 1 atom stereocenters. The number of morpholine rings is 1. The molecule has 2 saturated heterocycles. The Morgan fingerprint density at radius 2 is 1.83 bits per heavy atom. The van der Waals surface area contributed by atoms with E-state index in [2.05, 4.69) is 11.5 Å². The Kier molecular flexibility index (Phi) is 8.40. The van der Waals surface area contributed by atoms with Crippen LogP contribution in [0.3, 0.4) is 0 Å². The number of carbonyl (C=O) groups excluding carboxylic acids is 2. The molecule has 2 heterocycles. The van der Waals surface area contributed by atoms with Gasteiger partial charge in [-0.05, 0) is 36.8 Å². The third kappa shape index (κ3) is 5.45. The Labute approximate surface area is 211 Å². The number of aliphatic hydroxyl groups is 1. The van der Waals surface area contributed by atoms with Gasteiger partial charge in [-0.1, -0.05) is 30.9 Å². The predicted molar refractivity (Wildman–Crippen MR) is 136 cm³/mol. The van der Waals surface area contributed by atoms with Gasteiger partial charge in [-0.15, -0.1) is 0 Å². The Morgan fingerprint density at radius 3 is 2.53 bits per heavy atom. The summed E-state index contributed by atoms with van der Waals surface area (Å²) in [6.45, 7) is 8.24. The Hall–Kier alpha value is -3.62. The molecule has 2 aliphatic heterocycles. The number of ether oxygens (including phenoxy) is 3. The standard InChI is InChI=1S/C28H32N2O6/c1-3-17-36-21-11-9-20(10-12-21)26(31)24-25(22-7-4-5-8-23(22)34-2)30(28(33)27(24)32)14-6-13-29-15-18-35-19-16-29/h3-5,7-12,25,31H,1,6,13-19H2,2H3/b26-24+/t25-/m1/s1. The molecule has 1 amide bonds. The maximum absolute atomic E-state index is 13.3. The zero-order chi connectivity index (χ0) is 25.5. The van der Waals surface area contributed by atoms with E-state index in [4.69, 9.17) is 14.2 Å². The van der Waals surface area contributed by atoms with E-state index >= 15 is 0 Å². The highest BCUT2D eigenvalue weighted by atomic mass is 16.5. The van der Waals surface area contributed by atoms with Crippen molar-refractivity contribution in [3.05, 3.63) is 77.9 Å². The molecule has 4 rings (SSSR count). The van der Waals surface area contributed by atoms with Crippen LogP contribution < -0.4 is 9.47 Å². The molecule has 2 fully saturated rings. The van der Waals surface area contributed by atoms with E-state index in [0.717, 1.165) is 19.6 Å². The normalized spacial score (nSPS) is 19.9. The molecule has 2 aliphatic rings. The lowest BCUT2D eigenvalue weighted by Gasteiger charge is -2.29. The number of amides is 1. The predicted octanol–water partition coefficient (Wildman–Crippen LogP) is 3.40. The van der Waals surface area contributed by atoms with E-state index < -0.39 is 17.7 Å². The van der Waals surface area contributed by atoms with E-state index in [1.54, 1.807) is 48.4 Å². The molecule has 8 nitrogen and oxygen atoms in total. The second-order valence-corrected chi connectivity index (χ2v) is 8.67. The summed E-state index contributed by atoms with van der Waals surface area (Å²) in [5.41, 5.74) is 1.13. The quantitative estimate of drug-likeness (QED) is 0.235. The monoisotopic (exact) mass is 492 g/mol. The molecule has 2 aromatic rings. The van der Waals surface area contributed by atoms with Crippen LogP contribution in [0.15, 0.2) is 66.8 Å². The van der Waals surface area contributed by atoms with E-state index in [1.165, 1.54) is 0 Å². The van der Waals surface area contributed by atoms with Gasteiger partial charge in [-0.25, -0.2) is 0 Å². The molecule has 36 heavy (non-hydrogen) atoms. The van der Waals surface area contributed by atoms with E-state index in [1.807, 2.05) is 18.2 Å². The van der Waals surface area contributed by atoms with Crippen molar-refractivity contribution in [2.75, 3.05) is 53.1 Å². The number of benzene rings is 2. The molecule has 0 aromatic heterocycles. The molecule has 0 aliphatic carbocycles. The lowest BCUT2D eigenvalue weighted by Crippen LogP contribution is -2.39.